The number of nitriles is 1. The average molecular weight is 387 g/mol. The van der Waals surface area contributed by atoms with Crippen LogP contribution >= 0.6 is 0 Å². The third-order valence-corrected chi connectivity index (χ3v) is 6.66. The van der Waals surface area contributed by atoms with Crippen LogP contribution in [0.3, 0.4) is 0 Å². The van der Waals surface area contributed by atoms with Gasteiger partial charge >= 0.3 is 0 Å². The van der Waals surface area contributed by atoms with Crippen molar-refractivity contribution in [3.05, 3.63) is 50.2 Å². The average Bonchev–Trinajstić information content (AvgIpc) is 3.07. The Kier molecular flexibility index (Phi) is 4.78. The van der Waals surface area contributed by atoms with E-state index in [9.17, 15) is 18.5 Å². The Morgan fingerprint density at radius 3 is 2.63 bits per heavy atom. The van der Waals surface area contributed by atoms with Gasteiger partial charge in [0, 0.05) is 17.0 Å². The van der Waals surface area contributed by atoms with Crippen molar-refractivity contribution in [2.24, 2.45) is 5.10 Å². The Morgan fingerprint density at radius 2 is 2.04 bits per heavy atom. The molecule has 1 atom stereocenters. The van der Waals surface area contributed by atoms with Crippen molar-refractivity contribution in [2.45, 2.75) is 40.2 Å². The molecule has 0 bridgehead atoms. The SMILES string of the molecule is Cc1cc(C)n(N=Cc2c(C)nn([C@@H]3CCS(=O)(=O)C3)c2C)c(=O)c1C#N. The molecule has 0 N–H and O–H groups in total. The highest BCUT2D eigenvalue weighted by Gasteiger charge is 2.31. The third-order valence-electron chi connectivity index (χ3n) is 4.91. The predicted molar refractivity (Wildman–Crippen MR) is 102 cm³/mol. The van der Waals surface area contributed by atoms with Gasteiger partial charge in [-0.25, -0.2) is 13.1 Å². The molecule has 27 heavy (non-hydrogen) atoms. The molecule has 0 spiro atoms. The summed E-state index contributed by atoms with van der Waals surface area (Å²) in [5.74, 6) is 0.266. The molecule has 0 unspecified atom stereocenters. The van der Waals surface area contributed by atoms with Crippen molar-refractivity contribution in [1.82, 2.24) is 14.5 Å². The van der Waals surface area contributed by atoms with Gasteiger partial charge < -0.3 is 0 Å². The summed E-state index contributed by atoms with van der Waals surface area (Å²) in [5.41, 5.74) is 3.10. The van der Waals surface area contributed by atoms with Crippen molar-refractivity contribution >= 4 is 16.1 Å². The molecule has 0 saturated carbocycles. The molecule has 1 aliphatic rings. The zero-order valence-electron chi connectivity index (χ0n) is 15.7. The van der Waals surface area contributed by atoms with E-state index < -0.39 is 15.4 Å². The van der Waals surface area contributed by atoms with Crippen LogP contribution in [-0.4, -0.2) is 40.6 Å². The zero-order chi connectivity index (χ0) is 19.9. The monoisotopic (exact) mass is 387 g/mol. The second-order valence-electron chi connectivity index (χ2n) is 6.90. The van der Waals surface area contributed by atoms with Gasteiger partial charge in [0.05, 0.1) is 29.5 Å². The second kappa shape index (κ2) is 6.78. The number of hydrogen-bond acceptors (Lipinski definition) is 6. The number of pyridine rings is 1. The predicted octanol–water partition coefficient (Wildman–Crippen LogP) is 1.39. The van der Waals surface area contributed by atoms with E-state index in [1.54, 1.807) is 30.8 Å². The van der Waals surface area contributed by atoms with Crippen LogP contribution in [0, 0.1) is 39.0 Å². The van der Waals surface area contributed by atoms with E-state index in [4.69, 9.17) is 0 Å². The first kappa shape index (κ1) is 19.0. The molecule has 1 fully saturated rings. The number of nitrogens with zero attached hydrogens (tertiary/aromatic N) is 5. The Morgan fingerprint density at radius 1 is 1.33 bits per heavy atom. The topological polar surface area (TPSA) is 110 Å². The molecule has 0 amide bonds. The fourth-order valence-corrected chi connectivity index (χ4v) is 5.15. The third kappa shape index (κ3) is 3.45. The summed E-state index contributed by atoms with van der Waals surface area (Å²) in [6, 6.07) is 3.48. The van der Waals surface area contributed by atoms with Gasteiger partial charge in [-0.2, -0.15) is 15.5 Å². The number of sulfone groups is 1. The highest BCUT2D eigenvalue weighted by molar-refractivity contribution is 7.91. The Labute approximate surface area is 157 Å². The lowest BCUT2D eigenvalue weighted by molar-refractivity contribution is 0.486. The van der Waals surface area contributed by atoms with Gasteiger partial charge in [-0.15, -0.1) is 0 Å². The Balaban J connectivity index is 2.01. The van der Waals surface area contributed by atoms with Crippen molar-refractivity contribution in [3.8, 4) is 6.07 Å². The van der Waals surface area contributed by atoms with E-state index >= 15 is 0 Å². The van der Waals surface area contributed by atoms with Gasteiger partial charge in [-0.1, -0.05) is 0 Å². The minimum Gasteiger partial charge on any atom is -0.266 e. The smallest absolute Gasteiger partial charge is 0.266 e. The zero-order valence-corrected chi connectivity index (χ0v) is 16.5. The van der Waals surface area contributed by atoms with Crippen molar-refractivity contribution in [2.75, 3.05) is 11.5 Å². The van der Waals surface area contributed by atoms with Gasteiger partial charge in [0.25, 0.3) is 5.56 Å². The Hall–Kier alpha value is -2.73. The maximum atomic E-state index is 12.5. The van der Waals surface area contributed by atoms with Gasteiger partial charge in [0.15, 0.2) is 9.84 Å². The number of hydrogen-bond donors (Lipinski definition) is 0. The van der Waals surface area contributed by atoms with E-state index in [0.717, 1.165) is 11.3 Å². The lowest BCUT2D eigenvalue weighted by atomic mass is 10.1. The molecule has 3 rings (SSSR count). The molecule has 3 heterocycles. The van der Waals surface area contributed by atoms with Gasteiger partial charge in [0.1, 0.15) is 11.6 Å². The Bertz CT molecular complexity index is 1150. The second-order valence-corrected chi connectivity index (χ2v) is 9.13. The number of aryl methyl sites for hydroxylation is 3. The van der Waals surface area contributed by atoms with E-state index in [2.05, 4.69) is 10.2 Å². The summed E-state index contributed by atoms with van der Waals surface area (Å²) in [7, 11) is -3.01. The van der Waals surface area contributed by atoms with E-state index in [0.29, 0.717) is 23.4 Å². The molecule has 142 valence electrons. The summed E-state index contributed by atoms with van der Waals surface area (Å²) in [6.07, 6.45) is 2.09. The first-order valence-electron chi connectivity index (χ1n) is 8.58. The maximum Gasteiger partial charge on any atom is 0.289 e. The van der Waals surface area contributed by atoms with E-state index in [-0.39, 0.29) is 23.1 Å². The molecule has 8 nitrogen and oxygen atoms in total. The first-order chi connectivity index (χ1) is 12.6. The quantitative estimate of drug-likeness (QED) is 0.739. The number of aromatic nitrogens is 3. The highest BCUT2D eigenvalue weighted by Crippen LogP contribution is 2.26. The van der Waals surface area contributed by atoms with Crippen LogP contribution in [0.4, 0.5) is 0 Å². The van der Waals surface area contributed by atoms with Crippen molar-refractivity contribution < 1.29 is 8.42 Å². The summed E-state index contributed by atoms with van der Waals surface area (Å²) in [6.45, 7) is 7.14. The van der Waals surface area contributed by atoms with Crippen LogP contribution in [0.1, 0.15) is 46.2 Å². The summed E-state index contributed by atoms with van der Waals surface area (Å²) >= 11 is 0. The van der Waals surface area contributed by atoms with Crippen LogP contribution in [0.15, 0.2) is 16.0 Å². The molecular formula is C18H21N5O3S. The molecule has 0 radical (unpaired) electrons. The molecule has 2 aromatic heterocycles. The molecule has 0 aliphatic carbocycles. The fraction of sp³-hybridized carbons (Fsp3) is 0.444. The van der Waals surface area contributed by atoms with Gasteiger partial charge in [-0.05, 0) is 45.7 Å². The minimum absolute atomic E-state index is 0.0676. The highest BCUT2D eigenvalue weighted by atomic mass is 32.2. The van der Waals surface area contributed by atoms with Gasteiger partial charge in [-0.3, -0.25) is 9.48 Å². The number of rotatable bonds is 3. The lowest BCUT2D eigenvalue weighted by Crippen LogP contribution is -2.22. The fourth-order valence-electron chi connectivity index (χ4n) is 3.46. The lowest BCUT2D eigenvalue weighted by Gasteiger charge is -2.11. The summed E-state index contributed by atoms with van der Waals surface area (Å²) in [4.78, 5) is 12.5. The van der Waals surface area contributed by atoms with E-state index in [1.165, 1.54) is 4.68 Å². The van der Waals surface area contributed by atoms with Crippen LogP contribution in [0.25, 0.3) is 0 Å². The normalized spacial score (nSPS) is 18.9. The van der Waals surface area contributed by atoms with E-state index in [1.807, 2.05) is 19.9 Å². The standard InChI is InChI=1S/C18H21N5O3S/c1-11-7-12(2)22(18(24)16(11)8-19)20-9-17-13(3)21-23(14(17)4)15-5-6-27(25,26)10-15/h7,9,15H,5-6,10H2,1-4H3/t15-/m1/s1. The molecule has 1 saturated heterocycles. The largest absolute Gasteiger partial charge is 0.289 e. The molecule has 2 aromatic rings. The molecule has 9 heteroatoms. The minimum atomic E-state index is -3.01. The summed E-state index contributed by atoms with van der Waals surface area (Å²) in [5, 5.41) is 17.9. The van der Waals surface area contributed by atoms with Gasteiger partial charge in [0.2, 0.25) is 0 Å². The molecule has 0 aromatic carbocycles. The molecular weight excluding hydrogens is 366 g/mol. The maximum absolute atomic E-state index is 12.5. The molecule has 1 aliphatic heterocycles. The first-order valence-corrected chi connectivity index (χ1v) is 10.4. The van der Waals surface area contributed by atoms with Crippen LogP contribution in [0.2, 0.25) is 0 Å². The van der Waals surface area contributed by atoms with Crippen molar-refractivity contribution in [1.29, 1.82) is 5.26 Å². The van der Waals surface area contributed by atoms with Crippen molar-refractivity contribution in [3.63, 3.8) is 0 Å². The summed E-state index contributed by atoms with van der Waals surface area (Å²) < 4.78 is 26.5. The van der Waals surface area contributed by atoms with Crippen LogP contribution in [0.5, 0.6) is 0 Å². The van der Waals surface area contributed by atoms with Crippen LogP contribution in [-0.2, 0) is 9.84 Å². The van der Waals surface area contributed by atoms with Crippen LogP contribution < -0.4 is 5.56 Å².